The first kappa shape index (κ1) is 21.5. The molecule has 2 atom stereocenters. The van der Waals surface area contributed by atoms with Crippen LogP contribution in [0.4, 0.5) is 4.39 Å². The smallest absolute Gasteiger partial charge is 0.194 e. The number of aromatic nitrogens is 1. The van der Waals surface area contributed by atoms with Gasteiger partial charge in [-0.2, -0.15) is 0 Å². The fraction of sp³-hybridized carbons (Fsp3) is 0.478. The highest BCUT2D eigenvalue weighted by Crippen LogP contribution is 2.25. The van der Waals surface area contributed by atoms with Crippen LogP contribution in [-0.2, 0) is 16.0 Å². The lowest BCUT2D eigenvalue weighted by atomic mass is 10.1. The molecular formula is C23H29FN4O3. The van der Waals surface area contributed by atoms with Crippen molar-refractivity contribution in [2.24, 2.45) is 4.99 Å². The van der Waals surface area contributed by atoms with Gasteiger partial charge in [0.15, 0.2) is 17.5 Å². The molecule has 1 aromatic carbocycles. The second kappa shape index (κ2) is 10.5. The zero-order valence-corrected chi connectivity index (χ0v) is 17.8. The molecule has 8 heteroatoms. The van der Waals surface area contributed by atoms with Crippen molar-refractivity contribution < 1.29 is 18.6 Å². The van der Waals surface area contributed by atoms with Crippen LogP contribution in [-0.4, -0.2) is 60.9 Å². The van der Waals surface area contributed by atoms with Crippen LogP contribution in [0.5, 0.6) is 11.5 Å². The zero-order valence-electron chi connectivity index (χ0n) is 17.8. The third kappa shape index (κ3) is 5.71. The predicted molar refractivity (Wildman–Crippen MR) is 116 cm³/mol. The van der Waals surface area contributed by atoms with Crippen LogP contribution >= 0.6 is 0 Å². The Bertz CT molecular complexity index is 874. The molecule has 1 N–H and O–H groups in total. The number of ether oxygens (including phenoxy) is 3. The van der Waals surface area contributed by atoms with Crippen LogP contribution in [0.3, 0.4) is 0 Å². The Morgan fingerprint density at radius 3 is 2.94 bits per heavy atom. The van der Waals surface area contributed by atoms with Crippen molar-refractivity contribution in [2.45, 2.75) is 38.5 Å². The summed E-state index contributed by atoms with van der Waals surface area (Å²) in [4.78, 5) is 10.9. The number of hydrogen-bond acceptors (Lipinski definition) is 5. The molecule has 2 aromatic rings. The van der Waals surface area contributed by atoms with E-state index in [2.05, 4.69) is 15.2 Å². The van der Waals surface area contributed by atoms with Crippen LogP contribution in [0.25, 0.3) is 0 Å². The maximum Gasteiger partial charge on any atom is 0.194 e. The van der Waals surface area contributed by atoms with E-state index in [1.807, 2.05) is 13.0 Å². The summed E-state index contributed by atoms with van der Waals surface area (Å²) in [5, 5.41) is 3.35. The number of halogens is 1. The highest BCUT2D eigenvalue weighted by atomic mass is 19.1. The Labute approximate surface area is 182 Å². The monoisotopic (exact) mass is 428 g/mol. The molecule has 3 heterocycles. The van der Waals surface area contributed by atoms with E-state index in [9.17, 15) is 4.39 Å². The van der Waals surface area contributed by atoms with Crippen molar-refractivity contribution in [3.63, 3.8) is 0 Å². The first-order valence-corrected chi connectivity index (χ1v) is 10.9. The lowest BCUT2D eigenvalue weighted by Gasteiger charge is -2.37. The largest absolute Gasteiger partial charge is 0.453 e. The van der Waals surface area contributed by atoms with Gasteiger partial charge in [-0.1, -0.05) is 6.07 Å². The summed E-state index contributed by atoms with van der Waals surface area (Å²) in [7, 11) is 0. The summed E-state index contributed by atoms with van der Waals surface area (Å²) in [6.45, 7) is 6.12. The number of nitrogens with zero attached hydrogens (tertiary/aromatic N) is 3. The van der Waals surface area contributed by atoms with Crippen molar-refractivity contribution in [1.82, 2.24) is 15.2 Å². The highest BCUT2D eigenvalue weighted by Gasteiger charge is 2.32. The molecule has 1 aromatic heterocycles. The fourth-order valence-corrected chi connectivity index (χ4v) is 3.84. The van der Waals surface area contributed by atoms with E-state index in [4.69, 9.17) is 19.2 Å². The van der Waals surface area contributed by atoms with Crippen molar-refractivity contribution in [3.8, 4) is 11.5 Å². The average Bonchev–Trinajstić information content (AvgIpc) is 3.34. The summed E-state index contributed by atoms with van der Waals surface area (Å²) in [6, 6.07) is 8.40. The van der Waals surface area contributed by atoms with Gasteiger partial charge in [-0.25, -0.2) is 9.38 Å². The minimum absolute atomic E-state index is 0.0569. The van der Waals surface area contributed by atoms with E-state index < -0.39 is 5.82 Å². The van der Waals surface area contributed by atoms with Gasteiger partial charge in [0.05, 0.1) is 25.5 Å². The quantitative estimate of drug-likeness (QED) is 0.562. The molecule has 0 aliphatic carbocycles. The Hall–Kier alpha value is -2.71. The van der Waals surface area contributed by atoms with Gasteiger partial charge in [-0.05, 0) is 49.6 Å². The molecule has 4 rings (SSSR count). The first-order chi connectivity index (χ1) is 15.2. The summed E-state index contributed by atoms with van der Waals surface area (Å²) < 4.78 is 31.9. The molecule has 2 fully saturated rings. The van der Waals surface area contributed by atoms with Gasteiger partial charge in [0.1, 0.15) is 11.9 Å². The average molecular weight is 429 g/mol. The van der Waals surface area contributed by atoms with Crippen LogP contribution in [0.1, 0.15) is 25.3 Å². The lowest BCUT2D eigenvalue weighted by Crippen LogP contribution is -2.53. The van der Waals surface area contributed by atoms with E-state index >= 15 is 0 Å². The minimum atomic E-state index is -0.425. The second-order valence-corrected chi connectivity index (χ2v) is 7.63. The lowest BCUT2D eigenvalue weighted by molar-refractivity contribution is -0.0817. The maximum absolute atomic E-state index is 14.5. The molecule has 2 saturated heterocycles. The molecule has 0 saturated carbocycles. The molecule has 166 valence electrons. The number of nitrogens with one attached hydrogen (secondary N) is 1. The molecular weight excluding hydrogens is 399 g/mol. The van der Waals surface area contributed by atoms with Gasteiger partial charge in [-0.3, -0.25) is 4.98 Å². The Morgan fingerprint density at radius 1 is 1.29 bits per heavy atom. The zero-order chi connectivity index (χ0) is 21.5. The number of pyridine rings is 1. The molecule has 0 bridgehead atoms. The van der Waals surface area contributed by atoms with Gasteiger partial charge in [0.25, 0.3) is 0 Å². The summed E-state index contributed by atoms with van der Waals surface area (Å²) in [5.41, 5.74) is 0.773. The van der Waals surface area contributed by atoms with Crippen LogP contribution in [0.15, 0.2) is 47.7 Å². The second-order valence-electron chi connectivity index (χ2n) is 7.63. The van der Waals surface area contributed by atoms with Crippen molar-refractivity contribution >= 4 is 5.96 Å². The summed E-state index contributed by atoms with van der Waals surface area (Å²) >= 11 is 0. The summed E-state index contributed by atoms with van der Waals surface area (Å²) in [6.07, 6.45) is 5.54. The van der Waals surface area contributed by atoms with Crippen molar-refractivity contribution in [2.75, 3.05) is 32.8 Å². The van der Waals surface area contributed by atoms with E-state index in [1.165, 1.54) is 6.07 Å². The summed E-state index contributed by atoms with van der Waals surface area (Å²) in [5.74, 6) is 1.05. The van der Waals surface area contributed by atoms with Gasteiger partial charge < -0.3 is 24.4 Å². The van der Waals surface area contributed by atoms with Gasteiger partial charge in [-0.15, -0.1) is 0 Å². The normalized spacial score (nSPS) is 21.9. The predicted octanol–water partition coefficient (Wildman–Crippen LogP) is 3.36. The Kier molecular flexibility index (Phi) is 7.32. The van der Waals surface area contributed by atoms with Gasteiger partial charge in [0, 0.05) is 32.4 Å². The van der Waals surface area contributed by atoms with E-state index in [0.29, 0.717) is 18.9 Å². The third-order valence-electron chi connectivity index (χ3n) is 5.38. The standard InChI is InChI=1S/C23H29FN4O3/c1-2-26-23(28-10-12-30-22(16-28)21-6-4-11-29-21)27-14-17-7-8-20(19(24)13-17)31-18-5-3-9-25-15-18/h3,5,7-9,13,15,21-22H,2,4,6,10-12,14,16H2,1H3,(H,26,27). The Balaban J connectivity index is 1.41. The molecule has 2 aliphatic rings. The molecule has 0 radical (unpaired) electrons. The van der Waals surface area contributed by atoms with Gasteiger partial charge in [0.2, 0.25) is 0 Å². The molecule has 2 unspecified atom stereocenters. The molecule has 7 nitrogen and oxygen atoms in total. The fourth-order valence-electron chi connectivity index (χ4n) is 3.84. The minimum Gasteiger partial charge on any atom is -0.453 e. The van der Waals surface area contributed by atoms with Crippen molar-refractivity contribution in [1.29, 1.82) is 0 Å². The first-order valence-electron chi connectivity index (χ1n) is 10.9. The maximum atomic E-state index is 14.5. The van der Waals surface area contributed by atoms with Crippen LogP contribution in [0.2, 0.25) is 0 Å². The molecule has 31 heavy (non-hydrogen) atoms. The van der Waals surface area contributed by atoms with E-state index in [-0.39, 0.29) is 18.0 Å². The number of morpholine rings is 1. The van der Waals surface area contributed by atoms with Crippen LogP contribution in [0, 0.1) is 5.82 Å². The third-order valence-corrected chi connectivity index (χ3v) is 5.38. The molecule has 0 amide bonds. The van der Waals surface area contributed by atoms with Crippen molar-refractivity contribution in [3.05, 3.63) is 54.1 Å². The number of hydrogen-bond donors (Lipinski definition) is 1. The topological polar surface area (TPSA) is 68.2 Å². The number of guanidine groups is 1. The van der Waals surface area contributed by atoms with E-state index in [0.717, 1.165) is 50.6 Å². The number of aliphatic imine (C=N–C) groups is 1. The SMILES string of the molecule is CCNC(=NCc1ccc(Oc2cccnc2)c(F)c1)N1CCOC(C2CCCO2)C1. The Morgan fingerprint density at radius 2 is 2.19 bits per heavy atom. The van der Waals surface area contributed by atoms with E-state index in [1.54, 1.807) is 30.6 Å². The molecule has 0 spiro atoms. The molecule has 2 aliphatic heterocycles. The van der Waals surface area contributed by atoms with Crippen LogP contribution < -0.4 is 10.1 Å². The number of rotatable bonds is 6. The highest BCUT2D eigenvalue weighted by molar-refractivity contribution is 5.80. The van der Waals surface area contributed by atoms with Gasteiger partial charge >= 0.3 is 0 Å². The number of benzene rings is 1.